The van der Waals surface area contributed by atoms with Gasteiger partial charge in [-0.15, -0.1) is 0 Å². The summed E-state index contributed by atoms with van der Waals surface area (Å²) in [5.74, 6) is -10.1. The van der Waals surface area contributed by atoms with Crippen molar-refractivity contribution in [3.63, 3.8) is 0 Å². The topological polar surface area (TPSA) is 17.1 Å². The molecule has 0 aromatic heterocycles. The Hall–Kier alpha value is -0.960. The van der Waals surface area contributed by atoms with Crippen LogP contribution in [0.5, 0.6) is 0 Å². The lowest BCUT2D eigenvalue weighted by atomic mass is 10.1. The minimum Gasteiger partial charge on any atom is -0.286 e. The van der Waals surface area contributed by atoms with Crippen molar-refractivity contribution in [3.8, 4) is 0 Å². The highest BCUT2D eigenvalue weighted by Crippen LogP contribution is 2.41. The number of carbonyl (C=O) groups excluding carboxylic acids is 1. The van der Waals surface area contributed by atoms with E-state index < -0.39 is 30.2 Å². The first-order chi connectivity index (χ1) is 6.32. The van der Waals surface area contributed by atoms with E-state index in [1.165, 1.54) is 0 Å². The predicted molar refractivity (Wildman–Crippen MR) is 27.0 cm³/mol. The van der Waals surface area contributed by atoms with Gasteiger partial charge in [0, 0.05) is 0 Å². The second kappa shape index (κ2) is 3.56. The molecule has 15 heavy (non-hydrogen) atoms. The minimum absolute atomic E-state index is 3.77. The molecule has 1 atom stereocenters. The second-order valence-electron chi connectivity index (χ2n) is 2.35. The number of carbonyl (C=O) groups is 1. The van der Waals surface area contributed by atoms with E-state index in [1.807, 2.05) is 0 Å². The maximum absolute atomic E-state index is 12.0. The molecule has 0 fully saturated rings. The molecule has 0 heterocycles. The van der Waals surface area contributed by atoms with Crippen molar-refractivity contribution in [1.82, 2.24) is 0 Å². The SMILES string of the molecule is O=C(C(F)C(F)(F)C(F)(F)F)C(F)(F)F. The van der Waals surface area contributed by atoms with Gasteiger partial charge in [-0.3, -0.25) is 4.79 Å². The summed E-state index contributed by atoms with van der Waals surface area (Å²) in [6.45, 7) is 0. The Morgan fingerprint density at radius 1 is 0.867 bits per heavy atom. The van der Waals surface area contributed by atoms with E-state index in [0.29, 0.717) is 0 Å². The maximum atomic E-state index is 12.0. The van der Waals surface area contributed by atoms with Gasteiger partial charge in [0.15, 0.2) is 0 Å². The van der Waals surface area contributed by atoms with Crippen LogP contribution in [0.4, 0.5) is 39.5 Å². The largest absolute Gasteiger partial charge is 0.456 e. The van der Waals surface area contributed by atoms with Crippen LogP contribution in [0.2, 0.25) is 0 Å². The van der Waals surface area contributed by atoms with Gasteiger partial charge in [0.2, 0.25) is 6.17 Å². The van der Waals surface area contributed by atoms with Crippen LogP contribution in [0.1, 0.15) is 0 Å². The van der Waals surface area contributed by atoms with E-state index in [-0.39, 0.29) is 0 Å². The average molecular weight is 248 g/mol. The van der Waals surface area contributed by atoms with Crippen LogP contribution in [-0.4, -0.2) is 30.2 Å². The van der Waals surface area contributed by atoms with Crippen molar-refractivity contribution in [1.29, 1.82) is 0 Å². The summed E-state index contributed by atoms with van der Waals surface area (Å²) in [5.41, 5.74) is 0. The first-order valence-corrected chi connectivity index (χ1v) is 3.01. The Kier molecular flexibility index (Phi) is 3.33. The Morgan fingerprint density at radius 2 is 1.20 bits per heavy atom. The van der Waals surface area contributed by atoms with Gasteiger partial charge in [0.25, 0.3) is 5.78 Å². The van der Waals surface area contributed by atoms with E-state index in [0.717, 1.165) is 0 Å². The van der Waals surface area contributed by atoms with E-state index in [1.54, 1.807) is 0 Å². The van der Waals surface area contributed by atoms with Gasteiger partial charge in [-0.1, -0.05) is 0 Å². The summed E-state index contributed by atoms with van der Waals surface area (Å²) in [6, 6.07) is 0. The molecule has 0 bridgehead atoms. The lowest BCUT2D eigenvalue weighted by Gasteiger charge is -2.22. The molecule has 1 nitrogen and oxygen atoms in total. The molecule has 0 aromatic rings. The van der Waals surface area contributed by atoms with Crippen molar-refractivity contribution < 1.29 is 44.3 Å². The van der Waals surface area contributed by atoms with Crippen LogP contribution < -0.4 is 0 Å². The Balaban J connectivity index is 5.03. The van der Waals surface area contributed by atoms with Crippen molar-refractivity contribution >= 4 is 5.78 Å². The van der Waals surface area contributed by atoms with Gasteiger partial charge in [-0.25, -0.2) is 4.39 Å². The van der Waals surface area contributed by atoms with Gasteiger partial charge in [0.1, 0.15) is 0 Å². The highest BCUT2D eigenvalue weighted by atomic mass is 19.4. The zero-order valence-electron chi connectivity index (χ0n) is 6.39. The molecule has 0 aliphatic rings. The molecule has 1 unspecified atom stereocenters. The van der Waals surface area contributed by atoms with Crippen LogP contribution >= 0.6 is 0 Å². The number of rotatable bonds is 2. The number of halogens is 9. The fourth-order valence-corrected chi connectivity index (χ4v) is 0.452. The first kappa shape index (κ1) is 14.0. The van der Waals surface area contributed by atoms with Gasteiger partial charge in [0.05, 0.1) is 0 Å². The second-order valence-corrected chi connectivity index (χ2v) is 2.35. The van der Waals surface area contributed by atoms with Crippen molar-refractivity contribution in [2.45, 2.75) is 24.4 Å². The number of hydrogen-bond acceptors (Lipinski definition) is 1. The Morgan fingerprint density at radius 3 is 1.40 bits per heavy atom. The molecular weight excluding hydrogens is 247 g/mol. The number of ketones is 1. The van der Waals surface area contributed by atoms with Crippen molar-refractivity contribution in [3.05, 3.63) is 0 Å². The highest BCUT2D eigenvalue weighted by Gasteiger charge is 2.68. The van der Waals surface area contributed by atoms with E-state index in [2.05, 4.69) is 0 Å². The van der Waals surface area contributed by atoms with Crippen LogP contribution in [0, 0.1) is 0 Å². The van der Waals surface area contributed by atoms with E-state index >= 15 is 0 Å². The molecule has 0 saturated heterocycles. The number of Topliss-reactive ketones (excluding diaryl/α,β-unsaturated/α-hetero) is 1. The third-order valence-corrected chi connectivity index (χ3v) is 1.21. The van der Waals surface area contributed by atoms with Crippen molar-refractivity contribution in [2.24, 2.45) is 0 Å². The van der Waals surface area contributed by atoms with Crippen LogP contribution in [0.25, 0.3) is 0 Å². The molecular formula is C5HF9O. The summed E-state index contributed by atoms with van der Waals surface area (Å²) >= 11 is 0. The van der Waals surface area contributed by atoms with Crippen LogP contribution in [-0.2, 0) is 4.79 Å². The highest BCUT2D eigenvalue weighted by molar-refractivity contribution is 5.89. The molecule has 0 rings (SSSR count). The number of hydrogen-bond donors (Lipinski definition) is 0. The summed E-state index contributed by atoms with van der Waals surface area (Å²) in [7, 11) is 0. The molecule has 0 N–H and O–H groups in total. The molecule has 0 radical (unpaired) electrons. The molecule has 90 valence electrons. The lowest BCUT2D eigenvalue weighted by Crippen LogP contribution is -2.51. The molecule has 0 amide bonds. The van der Waals surface area contributed by atoms with Crippen molar-refractivity contribution in [2.75, 3.05) is 0 Å². The summed E-state index contributed by atoms with van der Waals surface area (Å²) in [6.07, 6.45) is -17.6. The average Bonchev–Trinajstić information content (AvgIpc) is 1.97. The van der Waals surface area contributed by atoms with Crippen LogP contribution in [0.15, 0.2) is 0 Å². The number of alkyl halides is 9. The molecule has 0 aliphatic carbocycles. The monoisotopic (exact) mass is 248 g/mol. The Bertz CT molecular complexity index is 248. The summed E-state index contributed by atoms with van der Waals surface area (Å²) in [4.78, 5) is 9.78. The maximum Gasteiger partial charge on any atom is 0.456 e. The fourth-order valence-electron chi connectivity index (χ4n) is 0.452. The molecule has 10 heteroatoms. The molecule has 0 saturated carbocycles. The zero-order chi connectivity index (χ0) is 12.7. The van der Waals surface area contributed by atoms with Gasteiger partial charge >= 0.3 is 18.3 Å². The van der Waals surface area contributed by atoms with Crippen LogP contribution in [0.3, 0.4) is 0 Å². The molecule has 0 spiro atoms. The van der Waals surface area contributed by atoms with Gasteiger partial charge in [-0.05, 0) is 0 Å². The minimum atomic E-state index is -6.56. The third kappa shape index (κ3) is 2.75. The quantitative estimate of drug-likeness (QED) is 0.686. The standard InChI is InChI=1S/C5HF9O/c6-1(2(15)4(9,10)11)3(7,8)5(12,13)14/h1H. The third-order valence-electron chi connectivity index (χ3n) is 1.21. The smallest absolute Gasteiger partial charge is 0.286 e. The summed E-state index contributed by atoms with van der Waals surface area (Å²) in [5, 5.41) is 0. The fraction of sp³-hybridized carbons (Fsp3) is 0.800. The lowest BCUT2D eigenvalue weighted by molar-refractivity contribution is -0.302. The first-order valence-electron chi connectivity index (χ1n) is 3.01. The normalized spacial score (nSPS) is 16.3. The van der Waals surface area contributed by atoms with Gasteiger partial charge in [-0.2, -0.15) is 35.1 Å². The zero-order valence-corrected chi connectivity index (χ0v) is 6.39. The predicted octanol–water partition coefficient (Wildman–Crippen LogP) is 2.65. The summed E-state index contributed by atoms with van der Waals surface area (Å²) < 4.78 is 104. The van der Waals surface area contributed by atoms with E-state index in [4.69, 9.17) is 0 Å². The Labute approximate surface area is 75.9 Å². The molecule has 0 aliphatic heterocycles. The van der Waals surface area contributed by atoms with Gasteiger partial charge < -0.3 is 0 Å². The van der Waals surface area contributed by atoms with E-state index in [9.17, 15) is 44.3 Å². The molecule has 0 aromatic carbocycles.